The Bertz CT molecular complexity index is 1110. The molecule has 0 saturated carbocycles. The number of nitrogens with zero attached hydrogens (tertiary/aromatic N) is 4. The van der Waals surface area contributed by atoms with Gasteiger partial charge in [0.15, 0.2) is 22.5 Å². The molecule has 1 unspecified atom stereocenters. The number of halogens is 1. The quantitative estimate of drug-likeness (QED) is 0.618. The summed E-state index contributed by atoms with van der Waals surface area (Å²) in [6.45, 7) is 6.70. The second-order valence-corrected chi connectivity index (χ2v) is 8.28. The molecule has 0 spiro atoms. The molecule has 1 aromatic carbocycles. The fourth-order valence-electron chi connectivity index (χ4n) is 3.70. The van der Waals surface area contributed by atoms with Gasteiger partial charge in [0, 0.05) is 17.9 Å². The molecule has 0 aliphatic carbocycles. The Morgan fingerprint density at radius 3 is 2.71 bits per heavy atom. The van der Waals surface area contributed by atoms with Crippen LogP contribution in [0.25, 0.3) is 5.82 Å². The van der Waals surface area contributed by atoms with Crippen LogP contribution in [-0.2, 0) is 4.79 Å². The van der Waals surface area contributed by atoms with Gasteiger partial charge in [-0.2, -0.15) is 9.78 Å². The summed E-state index contributed by atoms with van der Waals surface area (Å²) in [5.41, 5.74) is 2.69. The van der Waals surface area contributed by atoms with E-state index in [-0.39, 0.29) is 17.0 Å². The minimum Gasteiger partial charge on any atom is -0.493 e. The van der Waals surface area contributed by atoms with Crippen molar-refractivity contribution in [2.45, 2.75) is 33.1 Å². The van der Waals surface area contributed by atoms with Crippen LogP contribution in [0.2, 0.25) is 5.15 Å². The number of aryl methyl sites for hydroxylation is 1. The Labute approximate surface area is 185 Å². The van der Waals surface area contributed by atoms with Crippen molar-refractivity contribution in [2.75, 3.05) is 19.0 Å². The number of carbonyl (C=O) groups is 1. The van der Waals surface area contributed by atoms with E-state index in [0.717, 1.165) is 16.8 Å². The lowest BCUT2D eigenvalue weighted by atomic mass is 9.85. The van der Waals surface area contributed by atoms with Gasteiger partial charge in [-0.3, -0.25) is 4.79 Å². The second-order valence-electron chi connectivity index (χ2n) is 7.89. The van der Waals surface area contributed by atoms with E-state index in [9.17, 15) is 4.79 Å². The van der Waals surface area contributed by atoms with Gasteiger partial charge in [-0.1, -0.05) is 31.5 Å². The number of fused-ring (bicyclic) bond motifs is 1. The van der Waals surface area contributed by atoms with Crippen LogP contribution in [0.15, 0.2) is 30.3 Å². The molecule has 0 saturated heterocycles. The Balaban J connectivity index is 1.75. The molecular formula is C22H24ClN5O3. The average molecular weight is 442 g/mol. The molecule has 8 nitrogen and oxygen atoms in total. The maximum absolute atomic E-state index is 12.6. The topological polar surface area (TPSA) is 91.2 Å². The predicted octanol–water partition coefficient (Wildman–Crippen LogP) is 4.14. The van der Waals surface area contributed by atoms with E-state index in [1.54, 1.807) is 23.9 Å². The first-order valence-electron chi connectivity index (χ1n) is 10.1. The molecule has 1 N–H and O–H groups in total. The zero-order valence-electron chi connectivity index (χ0n) is 17.8. The van der Waals surface area contributed by atoms with Gasteiger partial charge in [0.25, 0.3) is 0 Å². The molecule has 0 bridgehead atoms. The Hall–Kier alpha value is -3.13. The third-order valence-electron chi connectivity index (χ3n) is 5.10. The number of anilines is 1. The molecule has 0 radical (unpaired) electrons. The van der Waals surface area contributed by atoms with Crippen molar-refractivity contribution in [1.82, 2.24) is 20.0 Å². The molecule has 1 aliphatic heterocycles. The van der Waals surface area contributed by atoms with E-state index in [1.807, 2.05) is 25.1 Å². The molecule has 3 heterocycles. The van der Waals surface area contributed by atoms with E-state index in [4.69, 9.17) is 21.1 Å². The first-order chi connectivity index (χ1) is 14.9. The van der Waals surface area contributed by atoms with Crippen LogP contribution in [0.4, 0.5) is 5.82 Å². The standard InChI is InChI=1S/C22H24ClN5O3/c1-12(2)11-31-16-6-5-14(9-17(16)30-4)15-10-20(29)24-22-21(15)13(3)27-28(22)19-8-7-18(23)25-26-19/h5-9,12,15H,10-11H2,1-4H3,(H,24,29). The number of hydrogen-bond acceptors (Lipinski definition) is 6. The molecule has 31 heavy (non-hydrogen) atoms. The molecule has 0 fully saturated rings. The van der Waals surface area contributed by atoms with Gasteiger partial charge in [0.05, 0.1) is 19.4 Å². The van der Waals surface area contributed by atoms with Crippen LogP contribution in [0.5, 0.6) is 11.5 Å². The van der Waals surface area contributed by atoms with Gasteiger partial charge < -0.3 is 14.8 Å². The summed E-state index contributed by atoms with van der Waals surface area (Å²) in [5, 5.41) is 15.8. The Morgan fingerprint density at radius 1 is 1.23 bits per heavy atom. The summed E-state index contributed by atoms with van der Waals surface area (Å²) in [6.07, 6.45) is 0.307. The van der Waals surface area contributed by atoms with Crippen LogP contribution < -0.4 is 14.8 Å². The van der Waals surface area contributed by atoms with Gasteiger partial charge in [-0.25, -0.2) is 0 Å². The van der Waals surface area contributed by atoms with E-state index >= 15 is 0 Å². The van der Waals surface area contributed by atoms with E-state index in [1.165, 1.54) is 0 Å². The van der Waals surface area contributed by atoms with Gasteiger partial charge in [-0.15, -0.1) is 10.2 Å². The molecule has 9 heteroatoms. The predicted molar refractivity (Wildman–Crippen MR) is 117 cm³/mol. The normalized spacial score (nSPS) is 15.5. The highest BCUT2D eigenvalue weighted by atomic mass is 35.5. The average Bonchev–Trinajstić information content (AvgIpc) is 3.08. The first kappa shape index (κ1) is 21.1. The highest BCUT2D eigenvalue weighted by molar-refractivity contribution is 6.29. The zero-order valence-corrected chi connectivity index (χ0v) is 18.6. The van der Waals surface area contributed by atoms with Gasteiger partial charge in [0.1, 0.15) is 5.82 Å². The smallest absolute Gasteiger partial charge is 0.226 e. The fraction of sp³-hybridized carbons (Fsp3) is 0.364. The number of nitrogens with one attached hydrogen (secondary N) is 1. The van der Waals surface area contributed by atoms with Crippen molar-refractivity contribution >= 4 is 23.3 Å². The minimum absolute atomic E-state index is 0.0975. The molecule has 1 aliphatic rings. The maximum Gasteiger partial charge on any atom is 0.226 e. The fourth-order valence-corrected chi connectivity index (χ4v) is 3.80. The summed E-state index contributed by atoms with van der Waals surface area (Å²) in [4.78, 5) is 12.6. The monoisotopic (exact) mass is 441 g/mol. The minimum atomic E-state index is -0.175. The number of carbonyl (C=O) groups excluding carboxylic acids is 1. The van der Waals surface area contributed by atoms with Gasteiger partial charge >= 0.3 is 0 Å². The molecule has 162 valence electrons. The molecule has 1 atom stereocenters. The Morgan fingerprint density at radius 2 is 2.03 bits per heavy atom. The van der Waals surface area contributed by atoms with Crippen LogP contribution in [0.3, 0.4) is 0 Å². The maximum atomic E-state index is 12.6. The second kappa shape index (κ2) is 8.55. The van der Waals surface area contributed by atoms with E-state index in [2.05, 4.69) is 34.5 Å². The highest BCUT2D eigenvalue weighted by Gasteiger charge is 2.33. The molecule has 2 aromatic heterocycles. The Kier molecular flexibility index (Phi) is 5.82. The number of rotatable bonds is 6. The lowest BCUT2D eigenvalue weighted by Crippen LogP contribution is -2.25. The lowest BCUT2D eigenvalue weighted by molar-refractivity contribution is -0.116. The first-order valence-corrected chi connectivity index (χ1v) is 10.4. The summed E-state index contributed by atoms with van der Waals surface area (Å²) < 4.78 is 13.0. The van der Waals surface area contributed by atoms with Gasteiger partial charge in [0.2, 0.25) is 5.91 Å². The zero-order chi connectivity index (χ0) is 22.1. The number of hydrogen-bond donors (Lipinski definition) is 1. The van der Waals surface area contributed by atoms with Crippen molar-refractivity contribution in [1.29, 1.82) is 0 Å². The van der Waals surface area contributed by atoms with Crippen LogP contribution in [0, 0.1) is 12.8 Å². The van der Waals surface area contributed by atoms with Crippen molar-refractivity contribution in [3.05, 3.63) is 52.3 Å². The highest BCUT2D eigenvalue weighted by Crippen LogP contribution is 2.42. The van der Waals surface area contributed by atoms with Crippen molar-refractivity contribution in [3.63, 3.8) is 0 Å². The van der Waals surface area contributed by atoms with E-state index < -0.39 is 0 Å². The molecule has 3 aromatic rings. The summed E-state index contributed by atoms with van der Waals surface area (Å²) in [7, 11) is 1.61. The van der Waals surface area contributed by atoms with Crippen LogP contribution in [0.1, 0.15) is 43.0 Å². The number of amides is 1. The van der Waals surface area contributed by atoms with Gasteiger partial charge in [-0.05, 0) is 42.7 Å². The van der Waals surface area contributed by atoms with Crippen LogP contribution >= 0.6 is 11.6 Å². The third kappa shape index (κ3) is 4.20. The summed E-state index contributed by atoms with van der Waals surface area (Å²) in [6, 6.07) is 9.15. The number of benzene rings is 1. The number of aromatic nitrogens is 4. The third-order valence-corrected chi connectivity index (χ3v) is 5.30. The largest absolute Gasteiger partial charge is 0.493 e. The molecular weight excluding hydrogens is 418 g/mol. The van der Waals surface area contributed by atoms with Crippen molar-refractivity contribution in [2.24, 2.45) is 5.92 Å². The number of ether oxygens (including phenoxy) is 2. The van der Waals surface area contributed by atoms with Crippen molar-refractivity contribution in [3.8, 4) is 17.3 Å². The molecule has 1 amide bonds. The number of methoxy groups -OCH3 is 1. The van der Waals surface area contributed by atoms with Crippen LogP contribution in [-0.4, -0.2) is 39.6 Å². The van der Waals surface area contributed by atoms with Crippen molar-refractivity contribution < 1.29 is 14.3 Å². The molecule has 4 rings (SSSR count). The lowest BCUT2D eigenvalue weighted by Gasteiger charge is -2.25. The summed E-state index contributed by atoms with van der Waals surface area (Å²) >= 11 is 5.86. The summed E-state index contributed by atoms with van der Waals surface area (Å²) in [5.74, 6) is 2.52. The van der Waals surface area contributed by atoms with E-state index in [0.29, 0.717) is 42.1 Å². The SMILES string of the molecule is COc1cc(C2CC(=O)Nc3c2c(C)nn3-c2ccc(Cl)nn2)ccc1OCC(C)C.